The second kappa shape index (κ2) is 5.18. The highest BCUT2D eigenvalue weighted by Gasteiger charge is 2.35. The van der Waals surface area contributed by atoms with Gasteiger partial charge in [0.05, 0.1) is 11.3 Å². The predicted molar refractivity (Wildman–Crippen MR) is 62.9 cm³/mol. The largest absolute Gasteiger partial charge is 0.506 e. The van der Waals surface area contributed by atoms with Crippen LogP contribution in [-0.2, 0) is 10.9 Å². The smallest absolute Gasteiger partial charge is 0.419 e. The van der Waals surface area contributed by atoms with Crippen LogP contribution in [0.3, 0.4) is 0 Å². The van der Waals surface area contributed by atoms with Gasteiger partial charge in [0.15, 0.2) is 0 Å². The van der Waals surface area contributed by atoms with Crippen molar-refractivity contribution >= 4 is 11.8 Å². The molecule has 8 heteroatoms. The summed E-state index contributed by atoms with van der Waals surface area (Å²) in [5, 5.41) is 11.3. The van der Waals surface area contributed by atoms with Gasteiger partial charge in [0.25, 0.3) is 0 Å². The van der Waals surface area contributed by atoms with E-state index in [9.17, 15) is 27.5 Å². The number of carbonyl (C=O) groups is 1. The number of rotatable bonds is 1. The van der Waals surface area contributed by atoms with Crippen molar-refractivity contribution in [1.82, 2.24) is 0 Å². The van der Waals surface area contributed by atoms with Gasteiger partial charge in [-0.1, -0.05) is 0 Å². The van der Waals surface area contributed by atoms with Crippen LogP contribution in [-0.4, -0.2) is 16.8 Å². The first-order valence-corrected chi connectivity index (χ1v) is 5.50. The maximum Gasteiger partial charge on any atom is 0.419 e. The molecule has 0 atom stereocenters. The van der Waals surface area contributed by atoms with Gasteiger partial charge in [-0.25, -0.2) is 9.18 Å². The number of aromatic hydroxyl groups is 1. The first-order chi connectivity index (χ1) is 8.90. The summed E-state index contributed by atoms with van der Waals surface area (Å²) in [6.45, 7) is 4.66. The lowest BCUT2D eigenvalue weighted by Crippen LogP contribution is -2.27. The van der Waals surface area contributed by atoms with Gasteiger partial charge < -0.3 is 9.84 Å². The molecular formula is C12H13F4NO3. The maximum atomic E-state index is 13.1. The number of phenolic OH excluding ortho intramolecular Hbond substituents is 1. The highest BCUT2D eigenvalue weighted by Crippen LogP contribution is 2.36. The first kappa shape index (κ1) is 16.1. The number of phenols is 1. The fraction of sp³-hybridized carbons (Fsp3) is 0.417. The van der Waals surface area contributed by atoms with Crippen LogP contribution in [0, 0.1) is 5.82 Å². The van der Waals surface area contributed by atoms with Gasteiger partial charge in [-0.15, -0.1) is 0 Å². The van der Waals surface area contributed by atoms with Gasteiger partial charge >= 0.3 is 12.3 Å². The minimum Gasteiger partial charge on any atom is -0.506 e. The first-order valence-electron chi connectivity index (χ1n) is 5.50. The van der Waals surface area contributed by atoms with Crippen molar-refractivity contribution in [3.05, 3.63) is 23.5 Å². The summed E-state index contributed by atoms with van der Waals surface area (Å²) in [5.74, 6) is -2.47. The quantitative estimate of drug-likeness (QED) is 0.610. The number of anilines is 1. The van der Waals surface area contributed by atoms with Crippen LogP contribution in [0.5, 0.6) is 5.75 Å². The van der Waals surface area contributed by atoms with E-state index in [1.807, 2.05) is 5.32 Å². The van der Waals surface area contributed by atoms with E-state index in [-0.39, 0.29) is 6.07 Å². The SMILES string of the molecule is CC(C)(C)OC(=O)Nc1cc(C(F)(F)F)c(F)cc1O. The normalized spacial score (nSPS) is 12.2. The number of halogens is 4. The Morgan fingerprint density at radius 3 is 2.25 bits per heavy atom. The monoisotopic (exact) mass is 295 g/mol. The molecule has 0 bridgehead atoms. The van der Waals surface area contributed by atoms with Gasteiger partial charge in [0.2, 0.25) is 0 Å². The number of hydrogen-bond acceptors (Lipinski definition) is 3. The number of nitrogens with one attached hydrogen (secondary N) is 1. The number of hydrogen-bond donors (Lipinski definition) is 2. The summed E-state index contributed by atoms with van der Waals surface area (Å²) in [4.78, 5) is 11.4. The Morgan fingerprint density at radius 1 is 1.25 bits per heavy atom. The van der Waals surface area contributed by atoms with Crippen molar-refractivity contribution in [2.75, 3.05) is 5.32 Å². The Morgan fingerprint density at radius 2 is 1.80 bits per heavy atom. The summed E-state index contributed by atoms with van der Waals surface area (Å²) in [7, 11) is 0. The van der Waals surface area contributed by atoms with E-state index in [1.54, 1.807) is 20.8 Å². The van der Waals surface area contributed by atoms with E-state index in [1.165, 1.54) is 0 Å². The summed E-state index contributed by atoms with van der Waals surface area (Å²) >= 11 is 0. The summed E-state index contributed by atoms with van der Waals surface area (Å²) in [5.41, 5.74) is -3.05. The molecule has 1 aromatic carbocycles. The zero-order chi connectivity index (χ0) is 15.7. The van der Waals surface area contributed by atoms with E-state index >= 15 is 0 Å². The van der Waals surface area contributed by atoms with Crippen molar-refractivity contribution < 1.29 is 32.2 Å². The third-order valence-corrected chi connectivity index (χ3v) is 2.03. The van der Waals surface area contributed by atoms with E-state index in [2.05, 4.69) is 0 Å². The number of carbonyl (C=O) groups excluding carboxylic acids is 1. The molecular weight excluding hydrogens is 282 g/mol. The molecule has 1 amide bonds. The van der Waals surface area contributed by atoms with Crippen molar-refractivity contribution in [3.63, 3.8) is 0 Å². The maximum absolute atomic E-state index is 13.1. The molecule has 0 spiro atoms. The standard InChI is InChI=1S/C12H13F4NO3/c1-11(2,3)20-10(19)17-8-4-6(12(14,15)16)7(13)5-9(8)18/h4-5,18H,1-3H3,(H,17,19). The average Bonchev–Trinajstić information content (AvgIpc) is 2.17. The van der Waals surface area contributed by atoms with Crippen LogP contribution < -0.4 is 5.32 Å². The average molecular weight is 295 g/mol. The second-order valence-electron chi connectivity index (χ2n) is 4.97. The van der Waals surface area contributed by atoms with Crippen molar-refractivity contribution in [2.24, 2.45) is 0 Å². The minimum absolute atomic E-state index is 0.273. The molecule has 112 valence electrons. The molecule has 0 unspecified atom stereocenters. The van der Waals surface area contributed by atoms with Gasteiger partial charge in [0, 0.05) is 6.07 Å². The van der Waals surface area contributed by atoms with Gasteiger partial charge in [-0.05, 0) is 26.8 Å². The Hall–Kier alpha value is -1.99. The number of alkyl halides is 3. The number of amides is 1. The topological polar surface area (TPSA) is 58.6 Å². The van der Waals surface area contributed by atoms with E-state index < -0.39 is 40.7 Å². The molecule has 0 aliphatic carbocycles. The van der Waals surface area contributed by atoms with Gasteiger partial charge in [0.1, 0.15) is 17.2 Å². The molecule has 0 radical (unpaired) electrons. The highest BCUT2D eigenvalue weighted by molar-refractivity contribution is 5.87. The lowest BCUT2D eigenvalue weighted by Gasteiger charge is -2.20. The molecule has 4 nitrogen and oxygen atoms in total. The Labute approximate surface area is 112 Å². The van der Waals surface area contributed by atoms with E-state index in [4.69, 9.17) is 4.74 Å². The summed E-state index contributed by atoms with van der Waals surface area (Å²) in [6, 6.07) is 0.574. The molecule has 0 heterocycles. The molecule has 0 saturated heterocycles. The van der Waals surface area contributed by atoms with E-state index in [0.717, 1.165) is 0 Å². The van der Waals surface area contributed by atoms with E-state index in [0.29, 0.717) is 6.07 Å². The number of benzene rings is 1. The fourth-order valence-electron chi connectivity index (χ4n) is 1.29. The van der Waals surface area contributed by atoms with Crippen LogP contribution in [0.1, 0.15) is 26.3 Å². The molecule has 0 aromatic heterocycles. The molecule has 1 aromatic rings. The van der Waals surface area contributed by atoms with Crippen molar-refractivity contribution in [2.45, 2.75) is 32.5 Å². The minimum atomic E-state index is -4.94. The molecule has 2 N–H and O–H groups in total. The van der Waals surface area contributed by atoms with Gasteiger partial charge in [-0.3, -0.25) is 5.32 Å². The fourth-order valence-corrected chi connectivity index (χ4v) is 1.29. The second-order valence-corrected chi connectivity index (χ2v) is 4.97. The molecule has 0 fully saturated rings. The van der Waals surface area contributed by atoms with Crippen LogP contribution >= 0.6 is 0 Å². The Bertz CT molecular complexity index is 521. The van der Waals surface area contributed by atoms with Crippen molar-refractivity contribution in [1.29, 1.82) is 0 Å². The van der Waals surface area contributed by atoms with Crippen LogP contribution in [0.4, 0.5) is 28.0 Å². The predicted octanol–water partition coefficient (Wildman–Crippen LogP) is 3.90. The van der Waals surface area contributed by atoms with Crippen LogP contribution in [0.15, 0.2) is 12.1 Å². The zero-order valence-corrected chi connectivity index (χ0v) is 10.9. The molecule has 0 aliphatic rings. The third kappa shape index (κ3) is 4.29. The summed E-state index contributed by atoms with van der Waals surface area (Å²) < 4.78 is 55.4. The molecule has 20 heavy (non-hydrogen) atoms. The summed E-state index contributed by atoms with van der Waals surface area (Å²) in [6.07, 6.45) is -6.00. The number of ether oxygens (including phenoxy) is 1. The van der Waals surface area contributed by atoms with Crippen LogP contribution in [0.2, 0.25) is 0 Å². The Balaban J connectivity index is 3.05. The lowest BCUT2D eigenvalue weighted by atomic mass is 10.1. The Kier molecular flexibility index (Phi) is 4.16. The molecule has 1 rings (SSSR count). The zero-order valence-electron chi connectivity index (χ0n) is 10.9. The highest BCUT2D eigenvalue weighted by atomic mass is 19.4. The third-order valence-electron chi connectivity index (χ3n) is 2.03. The van der Waals surface area contributed by atoms with Crippen LogP contribution in [0.25, 0.3) is 0 Å². The van der Waals surface area contributed by atoms with Crippen molar-refractivity contribution in [3.8, 4) is 5.75 Å². The van der Waals surface area contributed by atoms with Gasteiger partial charge in [-0.2, -0.15) is 13.2 Å². The molecule has 0 saturated carbocycles. The lowest BCUT2D eigenvalue weighted by molar-refractivity contribution is -0.139. The molecule has 0 aliphatic heterocycles.